The standard InChI is InChI=1S/C6H13N3.ClHO4/c1-7-6-8(2)4-5-9(6)3;2-1(3,4)5/h4-5H2,1-3H3;(H,2,3,4,5). The molecule has 1 aliphatic rings. The summed E-state index contributed by atoms with van der Waals surface area (Å²) in [4.78, 5) is 2.21. The lowest BCUT2D eigenvalue weighted by Crippen LogP contribution is -2.68. The average Bonchev–Trinajstić information content (AvgIpc) is 2.27. The van der Waals surface area contributed by atoms with Crippen molar-refractivity contribution < 1.29 is 33.5 Å². The molecule has 0 aliphatic carbocycles. The van der Waals surface area contributed by atoms with E-state index in [2.05, 4.69) is 28.9 Å². The zero-order chi connectivity index (χ0) is 11.4. The highest BCUT2D eigenvalue weighted by molar-refractivity contribution is 5.75. The fourth-order valence-electron chi connectivity index (χ4n) is 1.18. The van der Waals surface area contributed by atoms with E-state index in [9.17, 15) is 0 Å². The molecule has 1 rings (SSSR count). The highest BCUT2D eigenvalue weighted by Crippen LogP contribution is 1.91. The predicted octanol–water partition coefficient (Wildman–Crippen LogP) is -5.61. The van der Waals surface area contributed by atoms with Crippen LogP contribution in [0.2, 0.25) is 0 Å². The van der Waals surface area contributed by atoms with E-state index in [0.29, 0.717) is 0 Å². The molecule has 0 fully saturated rings. The largest absolute Gasteiger partial charge is 0.347 e. The normalized spacial score (nSPS) is 16.6. The van der Waals surface area contributed by atoms with E-state index in [1.54, 1.807) is 0 Å². The van der Waals surface area contributed by atoms with E-state index < -0.39 is 10.2 Å². The van der Waals surface area contributed by atoms with Crippen LogP contribution in [0.25, 0.3) is 0 Å². The summed E-state index contributed by atoms with van der Waals surface area (Å²) >= 11 is 0. The van der Waals surface area contributed by atoms with Crippen LogP contribution in [0.5, 0.6) is 0 Å². The minimum absolute atomic E-state index is 1.13. The molecule has 0 radical (unpaired) electrons. The molecule has 0 bridgehead atoms. The Labute approximate surface area is 84.6 Å². The minimum Gasteiger partial charge on any atom is -0.281 e. The number of rotatable bonds is 0. The van der Waals surface area contributed by atoms with E-state index in [1.807, 2.05) is 7.05 Å². The van der Waals surface area contributed by atoms with Crippen LogP contribution in [-0.4, -0.2) is 49.7 Å². The van der Waals surface area contributed by atoms with Crippen molar-refractivity contribution in [2.45, 2.75) is 0 Å². The van der Waals surface area contributed by atoms with Crippen LogP contribution >= 0.6 is 0 Å². The molecular weight excluding hydrogens is 214 g/mol. The lowest BCUT2D eigenvalue weighted by Gasteiger charge is -2.17. The molecule has 8 heteroatoms. The van der Waals surface area contributed by atoms with Crippen molar-refractivity contribution in [2.75, 3.05) is 34.2 Å². The van der Waals surface area contributed by atoms with Gasteiger partial charge in [0, 0.05) is 0 Å². The predicted molar refractivity (Wildman–Crippen MR) is 37.7 cm³/mol. The molecule has 1 aliphatic heterocycles. The van der Waals surface area contributed by atoms with Gasteiger partial charge in [-0.05, 0) is 0 Å². The Morgan fingerprint density at radius 2 is 1.79 bits per heavy atom. The highest BCUT2D eigenvalue weighted by atomic mass is 35.7. The molecule has 0 aromatic heterocycles. The SMILES string of the molecule is CNC1=[N+](C)CCN1C.[O-][Cl+3]([O-])([O-])[O-]. The van der Waals surface area contributed by atoms with Gasteiger partial charge in [0.05, 0.1) is 34.2 Å². The van der Waals surface area contributed by atoms with Gasteiger partial charge in [0.2, 0.25) is 0 Å². The Balaban J connectivity index is 0.000000292. The zero-order valence-corrected chi connectivity index (χ0v) is 9.08. The maximum absolute atomic E-state index is 8.49. The van der Waals surface area contributed by atoms with Gasteiger partial charge in [-0.2, -0.15) is 0 Å². The van der Waals surface area contributed by atoms with Crippen molar-refractivity contribution in [3.8, 4) is 0 Å². The molecule has 84 valence electrons. The lowest BCUT2D eigenvalue weighted by molar-refractivity contribution is -2.00. The van der Waals surface area contributed by atoms with Gasteiger partial charge in [-0.15, -0.1) is 10.2 Å². The van der Waals surface area contributed by atoms with E-state index >= 15 is 0 Å². The van der Waals surface area contributed by atoms with Crippen LogP contribution in [0.4, 0.5) is 0 Å². The molecule has 0 spiro atoms. The van der Waals surface area contributed by atoms with Crippen molar-refractivity contribution in [3.05, 3.63) is 0 Å². The molecule has 0 aromatic rings. The third kappa shape index (κ3) is 5.95. The smallest absolute Gasteiger partial charge is 0.281 e. The van der Waals surface area contributed by atoms with Crippen molar-refractivity contribution >= 4 is 5.96 Å². The van der Waals surface area contributed by atoms with Gasteiger partial charge in [0.25, 0.3) is 0 Å². The van der Waals surface area contributed by atoms with Crippen LogP contribution in [0.3, 0.4) is 0 Å². The summed E-state index contributed by atoms with van der Waals surface area (Å²) in [5.41, 5.74) is 0. The van der Waals surface area contributed by atoms with Crippen molar-refractivity contribution in [3.63, 3.8) is 0 Å². The van der Waals surface area contributed by atoms with Crippen LogP contribution in [0.15, 0.2) is 0 Å². The van der Waals surface area contributed by atoms with Gasteiger partial charge in [-0.1, -0.05) is 0 Å². The van der Waals surface area contributed by atoms with Crippen LogP contribution < -0.4 is 24.0 Å². The average molecular weight is 228 g/mol. The first-order chi connectivity index (χ1) is 6.25. The molecular formula is C6H14ClN3O4. The maximum Gasteiger partial charge on any atom is 0.347 e. The second-order valence-corrected chi connectivity index (χ2v) is 3.55. The summed E-state index contributed by atoms with van der Waals surface area (Å²) in [6.07, 6.45) is 0. The minimum atomic E-state index is -4.94. The number of likely N-dealkylation sites (N-methyl/N-ethyl adjacent to an activating group) is 2. The number of nitrogens with one attached hydrogen (secondary N) is 1. The second kappa shape index (κ2) is 5.32. The molecule has 0 atom stereocenters. The summed E-state index contributed by atoms with van der Waals surface area (Å²) in [5.74, 6) is 1.22. The Hall–Kier alpha value is -0.600. The van der Waals surface area contributed by atoms with Crippen LogP contribution in [0.1, 0.15) is 0 Å². The lowest BCUT2D eigenvalue weighted by atomic mass is 10.6. The summed E-state index contributed by atoms with van der Waals surface area (Å²) in [6, 6.07) is 0. The van der Waals surface area contributed by atoms with E-state index in [-0.39, 0.29) is 0 Å². The molecule has 0 saturated carbocycles. The monoisotopic (exact) mass is 227 g/mol. The van der Waals surface area contributed by atoms with Gasteiger partial charge in [-0.25, -0.2) is 18.6 Å². The van der Waals surface area contributed by atoms with Gasteiger partial charge < -0.3 is 0 Å². The highest BCUT2D eigenvalue weighted by Gasteiger charge is 2.21. The number of hydrogen-bond donors (Lipinski definition) is 1. The number of halogens is 1. The molecule has 0 amide bonds. The first kappa shape index (κ1) is 13.4. The molecule has 7 nitrogen and oxygen atoms in total. The summed E-state index contributed by atoms with van der Waals surface area (Å²) in [7, 11) is 1.19. The Morgan fingerprint density at radius 3 is 1.93 bits per heavy atom. The van der Waals surface area contributed by atoms with Crippen molar-refractivity contribution in [2.24, 2.45) is 0 Å². The third-order valence-electron chi connectivity index (χ3n) is 1.72. The Bertz CT molecular complexity index is 210. The molecule has 0 unspecified atom stereocenters. The van der Waals surface area contributed by atoms with Crippen LogP contribution in [0, 0.1) is 10.2 Å². The summed E-state index contributed by atoms with van der Waals surface area (Å²) in [5, 5.41) is 3.13. The fourth-order valence-corrected chi connectivity index (χ4v) is 1.18. The van der Waals surface area contributed by atoms with Gasteiger partial charge in [0.15, 0.2) is 0 Å². The van der Waals surface area contributed by atoms with Gasteiger partial charge in [0.1, 0.15) is 0 Å². The van der Waals surface area contributed by atoms with Crippen molar-refractivity contribution in [1.82, 2.24) is 10.2 Å². The number of nitrogens with zero attached hydrogens (tertiary/aromatic N) is 2. The Kier molecular flexibility index (Phi) is 5.09. The fraction of sp³-hybridized carbons (Fsp3) is 0.833. The molecule has 0 saturated heterocycles. The molecule has 1 heterocycles. The number of guanidine groups is 1. The summed E-state index contributed by atoms with van der Waals surface area (Å²) in [6.45, 7) is 2.26. The van der Waals surface area contributed by atoms with E-state index in [0.717, 1.165) is 13.1 Å². The Morgan fingerprint density at radius 1 is 1.36 bits per heavy atom. The topological polar surface area (TPSA) is 111 Å². The maximum atomic E-state index is 8.49. The first-order valence-corrected chi connectivity index (χ1v) is 5.08. The number of hydrogen-bond acceptors (Lipinski definition) is 6. The van der Waals surface area contributed by atoms with Crippen molar-refractivity contribution in [1.29, 1.82) is 0 Å². The third-order valence-corrected chi connectivity index (χ3v) is 1.72. The zero-order valence-electron chi connectivity index (χ0n) is 8.32. The van der Waals surface area contributed by atoms with Crippen LogP contribution in [-0.2, 0) is 0 Å². The van der Waals surface area contributed by atoms with E-state index in [1.165, 1.54) is 5.96 Å². The molecule has 0 aromatic carbocycles. The quantitative estimate of drug-likeness (QED) is 0.413. The molecule has 14 heavy (non-hydrogen) atoms. The van der Waals surface area contributed by atoms with Gasteiger partial charge >= 0.3 is 5.96 Å². The van der Waals surface area contributed by atoms with Gasteiger partial charge in [-0.3, -0.25) is 14.8 Å². The molecule has 1 N–H and O–H groups in total. The second-order valence-electron chi connectivity index (χ2n) is 2.79. The summed E-state index contributed by atoms with van der Waals surface area (Å²) < 4.78 is 36.2. The van der Waals surface area contributed by atoms with E-state index in [4.69, 9.17) is 18.6 Å². The first-order valence-electron chi connectivity index (χ1n) is 3.84.